The molecular formula is C14H18ClNO4. The van der Waals surface area contributed by atoms with Gasteiger partial charge in [0.25, 0.3) is 0 Å². The van der Waals surface area contributed by atoms with Crippen LogP contribution in [0.1, 0.15) is 25.8 Å². The molecule has 1 amide bonds. The summed E-state index contributed by atoms with van der Waals surface area (Å²) < 4.78 is 5.46. The van der Waals surface area contributed by atoms with Gasteiger partial charge >= 0.3 is 5.97 Å². The van der Waals surface area contributed by atoms with E-state index in [1.807, 2.05) is 6.92 Å². The zero-order chi connectivity index (χ0) is 15.1. The van der Waals surface area contributed by atoms with E-state index in [2.05, 4.69) is 5.32 Å². The van der Waals surface area contributed by atoms with E-state index >= 15 is 0 Å². The first kappa shape index (κ1) is 16.3. The lowest BCUT2D eigenvalue weighted by atomic mass is 10.1. The van der Waals surface area contributed by atoms with Crippen LogP contribution in [0.2, 0.25) is 5.02 Å². The van der Waals surface area contributed by atoms with Crippen LogP contribution >= 0.6 is 11.6 Å². The number of rotatable bonds is 7. The highest BCUT2D eigenvalue weighted by Crippen LogP contribution is 2.24. The van der Waals surface area contributed by atoms with Crippen LogP contribution in [0.25, 0.3) is 0 Å². The molecule has 1 atom stereocenters. The second-order valence-corrected chi connectivity index (χ2v) is 4.75. The average molecular weight is 300 g/mol. The Kier molecular flexibility index (Phi) is 6.31. The largest absolute Gasteiger partial charge is 0.494 e. The molecule has 0 aliphatic rings. The van der Waals surface area contributed by atoms with E-state index in [1.165, 1.54) is 6.92 Å². The maximum atomic E-state index is 11.6. The third-order valence-electron chi connectivity index (χ3n) is 2.69. The summed E-state index contributed by atoms with van der Waals surface area (Å²) in [6.07, 6.45) is 0.617. The number of amides is 1. The molecule has 1 rings (SSSR count). The number of hydrogen-bond donors (Lipinski definition) is 2. The third kappa shape index (κ3) is 5.09. The van der Waals surface area contributed by atoms with Crippen molar-refractivity contribution in [3.05, 3.63) is 28.8 Å². The number of hydrogen-bond acceptors (Lipinski definition) is 3. The van der Waals surface area contributed by atoms with Crippen LogP contribution in [0.5, 0.6) is 5.75 Å². The third-order valence-corrected chi connectivity index (χ3v) is 2.93. The Morgan fingerprint density at radius 2 is 2.15 bits per heavy atom. The van der Waals surface area contributed by atoms with Crippen molar-refractivity contribution in [2.45, 2.75) is 32.7 Å². The van der Waals surface area contributed by atoms with E-state index in [0.717, 1.165) is 5.56 Å². The highest BCUT2D eigenvalue weighted by molar-refractivity contribution is 6.30. The molecule has 0 aliphatic heterocycles. The monoisotopic (exact) mass is 299 g/mol. The van der Waals surface area contributed by atoms with Crippen molar-refractivity contribution in [3.63, 3.8) is 0 Å². The van der Waals surface area contributed by atoms with Gasteiger partial charge < -0.3 is 15.2 Å². The van der Waals surface area contributed by atoms with Crippen LogP contribution in [-0.4, -0.2) is 29.6 Å². The highest BCUT2D eigenvalue weighted by atomic mass is 35.5. The van der Waals surface area contributed by atoms with Gasteiger partial charge in [-0.3, -0.25) is 9.59 Å². The van der Waals surface area contributed by atoms with E-state index in [-0.39, 0.29) is 12.3 Å². The van der Waals surface area contributed by atoms with Crippen molar-refractivity contribution < 1.29 is 19.4 Å². The maximum absolute atomic E-state index is 11.6. The summed E-state index contributed by atoms with van der Waals surface area (Å²) in [5, 5.41) is 11.7. The maximum Gasteiger partial charge on any atom is 0.325 e. The smallest absolute Gasteiger partial charge is 0.325 e. The summed E-state index contributed by atoms with van der Waals surface area (Å²) in [5.74, 6) is -0.686. The van der Waals surface area contributed by atoms with Gasteiger partial charge in [0.1, 0.15) is 11.8 Å². The topological polar surface area (TPSA) is 75.6 Å². The molecule has 0 heterocycles. The summed E-state index contributed by atoms with van der Waals surface area (Å²) in [5.41, 5.74) is 0.831. The number of benzene rings is 1. The first-order valence-corrected chi connectivity index (χ1v) is 6.75. The van der Waals surface area contributed by atoms with Gasteiger partial charge in [-0.25, -0.2) is 0 Å². The molecule has 0 radical (unpaired) electrons. The zero-order valence-corrected chi connectivity index (χ0v) is 12.2. The van der Waals surface area contributed by atoms with E-state index in [9.17, 15) is 9.59 Å². The minimum atomic E-state index is -1.06. The zero-order valence-electron chi connectivity index (χ0n) is 11.5. The number of carboxylic acid groups (broad SMARTS) is 1. The molecule has 0 fully saturated rings. The molecule has 110 valence electrons. The Hall–Kier alpha value is -1.75. The second-order valence-electron chi connectivity index (χ2n) is 4.31. The molecule has 2 N–H and O–H groups in total. The van der Waals surface area contributed by atoms with Gasteiger partial charge in [-0.2, -0.15) is 0 Å². The standard InChI is InChI=1S/C14H18ClNO4/c1-3-20-12-6-5-11(15)8-10(12)4-7-13(17)16-9(2)14(18)19/h5-6,8-9H,3-4,7H2,1-2H3,(H,16,17)(H,18,19). The molecule has 0 saturated carbocycles. The molecular weight excluding hydrogens is 282 g/mol. The predicted molar refractivity (Wildman–Crippen MR) is 76.2 cm³/mol. The Morgan fingerprint density at radius 1 is 1.45 bits per heavy atom. The summed E-state index contributed by atoms with van der Waals surface area (Å²) in [6, 6.07) is 4.34. The number of aliphatic carboxylic acids is 1. The van der Waals surface area contributed by atoms with E-state index in [1.54, 1.807) is 18.2 Å². The quantitative estimate of drug-likeness (QED) is 0.810. The molecule has 0 spiro atoms. The number of carbonyl (C=O) groups excluding carboxylic acids is 1. The minimum Gasteiger partial charge on any atom is -0.494 e. The average Bonchev–Trinajstić information content (AvgIpc) is 2.39. The van der Waals surface area contributed by atoms with Crippen LogP contribution in [0.3, 0.4) is 0 Å². The van der Waals surface area contributed by atoms with Gasteiger partial charge in [-0.05, 0) is 44.0 Å². The summed E-state index contributed by atoms with van der Waals surface area (Å²) in [6.45, 7) is 3.82. The number of carbonyl (C=O) groups is 2. The van der Waals surface area contributed by atoms with Crippen LogP contribution in [0.15, 0.2) is 18.2 Å². The second kappa shape index (κ2) is 7.75. The lowest BCUT2D eigenvalue weighted by Crippen LogP contribution is -2.38. The van der Waals surface area contributed by atoms with Crippen LogP contribution < -0.4 is 10.1 Å². The van der Waals surface area contributed by atoms with Crippen LogP contribution in [0.4, 0.5) is 0 Å². The Morgan fingerprint density at radius 3 is 2.75 bits per heavy atom. The molecule has 1 aromatic rings. The van der Waals surface area contributed by atoms with Gasteiger partial charge in [0, 0.05) is 11.4 Å². The van der Waals surface area contributed by atoms with Gasteiger partial charge in [0.15, 0.2) is 0 Å². The molecule has 6 heteroatoms. The van der Waals surface area contributed by atoms with Crippen molar-refractivity contribution >= 4 is 23.5 Å². The number of nitrogens with one attached hydrogen (secondary N) is 1. The lowest BCUT2D eigenvalue weighted by molar-refractivity contribution is -0.141. The summed E-state index contributed by atoms with van der Waals surface area (Å²) in [4.78, 5) is 22.3. The van der Waals surface area contributed by atoms with Crippen molar-refractivity contribution in [3.8, 4) is 5.75 Å². The molecule has 0 aromatic heterocycles. The number of ether oxygens (including phenoxy) is 1. The molecule has 1 unspecified atom stereocenters. The minimum absolute atomic E-state index is 0.179. The number of halogens is 1. The summed E-state index contributed by atoms with van der Waals surface area (Å²) >= 11 is 5.92. The first-order valence-electron chi connectivity index (χ1n) is 6.37. The van der Waals surface area contributed by atoms with E-state index in [0.29, 0.717) is 23.8 Å². The van der Waals surface area contributed by atoms with Crippen LogP contribution in [-0.2, 0) is 16.0 Å². The Balaban J connectivity index is 2.62. The van der Waals surface area contributed by atoms with Gasteiger partial charge in [0.05, 0.1) is 6.61 Å². The molecule has 5 nitrogen and oxygen atoms in total. The Labute approximate surface area is 122 Å². The fourth-order valence-corrected chi connectivity index (χ4v) is 1.86. The lowest BCUT2D eigenvalue weighted by Gasteiger charge is -2.12. The molecule has 20 heavy (non-hydrogen) atoms. The van der Waals surface area contributed by atoms with Gasteiger partial charge in [-0.1, -0.05) is 11.6 Å². The normalized spacial score (nSPS) is 11.8. The summed E-state index contributed by atoms with van der Waals surface area (Å²) in [7, 11) is 0. The number of carboxylic acids is 1. The van der Waals surface area contributed by atoms with Crippen molar-refractivity contribution in [1.82, 2.24) is 5.32 Å². The molecule has 0 bridgehead atoms. The fourth-order valence-electron chi connectivity index (χ4n) is 1.66. The van der Waals surface area contributed by atoms with Gasteiger partial charge in [-0.15, -0.1) is 0 Å². The SMILES string of the molecule is CCOc1ccc(Cl)cc1CCC(=O)NC(C)C(=O)O. The first-order chi connectivity index (χ1) is 9.43. The Bertz CT molecular complexity index is 490. The van der Waals surface area contributed by atoms with Gasteiger partial charge in [0.2, 0.25) is 5.91 Å². The van der Waals surface area contributed by atoms with E-state index in [4.69, 9.17) is 21.4 Å². The molecule has 0 aliphatic carbocycles. The van der Waals surface area contributed by atoms with E-state index < -0.39 is 12.0 Å². The highest BCUT2D eigenvalue weighted by Gasteiger charge is 2.14. The van der Waals surface area contributed by atoms with Crippen molar-refractivity contribution in [2.24, 2.45) is 0 Å². The van der Waals surface area contributed by atoms with Crippen molar-refractivity contribution in [1.29, 1.82) is 0 Å². The van der Waals surface area contributed by atoms with Crippen molar-refractivity contribution in [2.75, 3.05) is 6.61 Å². The molecule has 1 aromatic carbocycles. The predicted octanol–water partition coefficient (Wildman–Crippen LogP) is 2.26. The molecule has 0 saturated heterocycles. The fraction of sp³-hybridized carbons (Fsp3) is 0.429. The van der Waals surface area contributed by atoms with Crippen LogP contribution in [0, 0.1) is 0 Å². The number of aryl methyl sites for hydroxylation is 1.